The Morgan fingerprint density at radius 2 is 2.03 bits per heavy atom. The van der Waals surface area contributed by atoms with E-state index in [0.29, 0.717) is 45.8 Å². The molecule has 0 spiro atoms. The third-order valence-corrected chi connectivity index (χ3v) is 5.78. The maximum Gasteiger partial charge on any atom is 0.416 e. The largest absolute Gasteiger partial charge is 0.416 e. The van der Waals surface area contributed by atoms with Gasteiger partial charge in [-0.25, -0.2) is 19.9 Å². The molecule has 172 valence electrons. The number of nitrogens with zero attached hydrogens (tertiary/aromatic N) is 5. The van der Waals surface area contributed by atoms with E-state index in [1.54, 1.807) is 18.3 Å². The van der Waals surface area contributed by atoms with Crippen molar-refractivity contribution in [3.8, 4) is 0 Å². The lowest BCUT2D eigenvalue weighted by atomic mass is 10.0. The second-order valence-electron chi connectivity index (χ2n) is 7.43. The summed E-state index contributed by atoms with van der Waals surface area (Å²) in [6, 6.07) is 6.66. The molecule has 0 aliphatic carbocycles. The number of halogens is 3. The summed E-state index contributed by atoms with van der Waals surface area (Å²) in [5, 5.41) is 9.45. The molecule has 0 atom stereocenters. The lowest BCUT2D eigenvalue weighted by Gasteiger charge is -2.07. The molecule has 0 radical (unpaired) electrons. The second kappa shape index (κ2) is 8.78. The number of ketones is 1. The third kappa shape index (κ3) is 4.71. The van der Waals surface area contributed by atoms with Gasteiger partial charge in [0.25, 0.3) is 0 Å². The maximum atomic E-state index is 13.0. The van der Waals surface area contributed by atoms with E-state index in [2.05, 4.69) is 30.4 Å². The van der Waals surface area contributed by atoms with Gasteiger partial charge >= 0.3 is 6.18 Å². The highest BCUT2D eigenvalue weighted by Crippen LogP contribution is 2.36. The molecule has 1 aliphatic rings. The summed E-state index contributed by atoms with van der Waals surface area (Å²) in [6.07, 6.45) is -0.797. The molecule has 0 fully saturated rings. The van der Waals surface area contributed by atoms with Gasteiger partial charge in [-0.3, -0.25) is 4.79 Å². The van der Waals surface area contributed by atoms with Crippen LogP contribution in [-0.4, -0.2) is 31.6 Å². The number of thiazole rings is 1. The number of aliphatic imine (C=N–C) groups is 1. The van der Waals surface area contributed by atoms with Crippen molar-refractivity contribution in [2.24, 2.45) is 4.99 Å². The van der Waals surface area contributed by atoms with Crippen molar-refractivity contribution in [1.82, 2.24) is 20.1 Å². The van der Waals surface area contributed by atoms with Crippen LogP contribution < -0.4 is 5.32 Å². The Hall–Kier alpha value is -3.93. The Labute approximate surface area is 194 Å². The van der Waals surface area contributed by atoms with Gasteiger partial charge in [0.15, 0.2) is 16.7 Å². The van der Waals surface area contributed by atoms with Crippen molar-refractivity contribution in [2.75, 3.05) is 5.32 Å². The van der Waals surface area contributed by atoms with E-state index in [0.717, 1.165) is 12.1 Å². The van der Waals surface area contributed by atoms with E-state index in [9.17, 15) is 18.0 Å². The molecule has 12 heteroatoms. The number of hydrogen-bond donors (Lipinski definition) is 1. The van der Waals surface area contributed by atoms with Crippen LogP contribution in [0.25, 0.3) is 0 Å². The van der Waals surface area contributed by atoms with E-state index < -0.39 is 11.7 Å². The molecular weight excluding hydrogens is 469 g/mol. The molecule has 4 heterocycles. The lowest BCUT2D eigenvalue weighted by Crippen LogP contribution is -2.06. The highest BCUT2D eigenvalue weighted by Gasteiger charge is 2.32. The van der Waals surface area contributed by atoms with Crippen LogP contribution >= 0.6 is 11.3 Å². The van der Waals surface area contributed by atoms with Gasteiger partial charge in [0.1, 0.15) is 17.8 Å². The third-order valence-electron chi connectivity index (χ3n) is 5.09. The smallest absolute Gasteiger partial charge is 0.355 e. The van der Waals surface area contributed by atoms with Crippen molar-refractivity contribution < 1.29 is 22.5 Å². The molecule has 1 aromatic carbocycles. The highest BCUT2D eigenvalue weighted by molar-refractivity contribution is 7.13. The molecule has 0 bridgehead atoms. The van der Waals surface area contributed by atoms with Gasteiger partial charge in [-0.1, -0.05) is 5.16 Å². The fraction of sp³-hybridized carbons (Fsp3) is 0.182. The van der Waals surface area contributed by atoms with Crippen LogP contribution in [0.1, 0.15) is 39.5 Å². The van der Waals surface area contributed by atoms with E-state index in [1.807, 2.05) is 5.38 Å². The number of alkyl halides is 3. The zero-order chi connectivity index (χ0) is 23.7. The minimum Gasteiger partial charge on any atom is -0.355 e. The lowest BCUT2D eigenvalue weighted by molar-refractivity contribution is -0.137. The predicted molar refractivity (Wildman–Crippen MR) is 118 cm³/mol. The number of rotatable bonds is 7. The fourth-order valence-electron chi connectivity index (χ4n) is 3.43. The van der Waals surface area contributed by atoms with Crippen molar-refractivity contribution in [2.45, 2.75) is 25.4 Å². The summed E-state index contributed by atoms with van der Waals surface area (Å²) < 4.78 is 44.2. The van der Waals surface area contributed by atoms with E-state index >= 15 is 0 Å². The first kappa shape index (κ1) is 21.9. The van der Waals surface area contributed by atoms with Crippen molar-refractivity contribution in [3.05, 3.63) is 76.5 Å². The van der Waals surface area contributed by atoms with Gasteiger partial charge in [0, 0.05) is 43.0 Å². The topological polar surface area (TPSA) is 106 Å². The van der Waals surface area contributed by atoms with Gasteiger partial charge < -0.3 is 9.84 Å². The average Bonchev–Trinajstić information content (AvgIpc) is 3.57. The number of hydrogen-bond acceptors (Lipinski definition) is 9. The molecule has 1 aliphatic heterocycles. The van der Waals surface area contributed by atoms with Crippen LogP contribution in [0.5, 0.6) is 0 Å². The summed E-state index contributed by atoms with van der Waals surface area (Å²) in [5.74, 6) is 0.633. The monoisotopic (exact) mass is 484 g/mol. The molecule has 8 nitrogen and oxygen atoms in total. The molecule has 4 aromatic rings. The van der Waals surface area contributed by atoms with Gasteiger partial charge in [-0.2, -0.15) is 13.2 Å². The summed E-state index contributed by atoms with van der Waals surface area (Å²) in [7, 11) is 0. The molecular formula is C22H15F3N6O2S. The quantitative estimate of drug-likeness (QED) is 0.361. The minimum atomic E-state index is -4.41. The van der Waals surface area contributed by atoms with Gasteiger partial charge in [-0.05, 0) is 23.8 Å². The fourth-order valence-corrected chi connectivity index (χ4v) is 3.96. The Morgan fingerprint density at radius 1 is 1.15 bits per heavy atom. The van der Waals surface area contributed by atoms with Crippen molar-refractivity contribution in [3.63, 3.8) is 0 Å². The average molecular weight is 484 g/mol. The first-order valence-electron chi connectivity index (χ1n) is 10.1. The van der Waals surface area contributed by atoms with E-state index in [1.165, 1.54) is 23.7 Å². The molecule has 0 unspecified atom stereocenters. The van der Waals surface area contributed by atoms with Crippen LogP contribution in [0.2, 0.25) is 0 Å². The standard InChI is InChI=1S/C22H15F3N6O2S/c23-22(24,25)13-1-3-15-12(7-13)8-17(29-15)19-9-14(31-33-19)2-4-18(32)16-10-20(28-11-27-16)30-21-26-5-6-34-21/h1,3,5-7,9-11H,2,4,8H2,(H,26,27,28,30). The summed E-state index contributed by atoms with van der Waals surface area (Å²) in [4.78, 5) is 29.2. The highest BCUT2D eigenvalue weighted by atomic mass is 32.1. The number of aromatic nitrogens is 4. The maximum absolute atomic E-state index is 13.0. The van der Waals surface area contributed by atoms with Crippen LogP contribution in [0, 0.1) is 0 Å². The zero-order valence-electron chi connectivity index (χ0n) is 17.3. The number of Topliss-reactive ketones (excluding diaryl/α,β-unsaturated/α-hetero) is 1. The van der Waals surface area contributed by atoms with Gasteiger partial charge in [0.2, 0.25) is 0 Å². The summed E-state index contributed by atoms with van der Waals surface area (Å²) in [6.45, 7) is 0. The SMILES string of the molecule is O=C(CCc1cc(C2=Nc3ccc(C(F)(F)F)cc3C2)on1)c1cc(Nc2nccs2)ncn1. The zero-order valence-corrected chi connectivity index (χ0v) is 18.2. The van der Waals surface area contributed by atoms with Crippen LogP contribution in [0.15, 0.2) is 57.8 Å². The van der Waals surface area contributed by atoms with Gasteiger partial charge in [-0.15, -0.1) is 11.3 Å². The van der Waals surface area contributed by atoms with E-state index in [4.69, 9.17) is 4.52 Å². The number of benzene rings is 1. The number of fused-ring (bicyclic) bond motifs is 1. The number of carbonyl (C=O) groups is 1. The first-order valence-corrected chi connectivity index (χ1v) is 11.0. The van der Waals surface area contributed by atoms with Crippen LogP contribution in [-0.2, 0) is 19.0 Å². The van der Waals surface area contributed by atoms with Crippen LogP contribution in [0.3, 0.4) is 0 Å². The first-order chi connectivity index (χ1) is 16.3. The second-order valence-corrected chi connectivity index (χ2v) is 8.33. The van der Waals surface area contributed by atoms with Crippen molar-refractivity contribution in [1.29, 1.82) is 0 Å². The number of nitrogens with one attached hydrogen (secondary N) is 1. The molecule has 0 saturated heterocycles. The Bertz CT molecular complexity index is 1380. The number of aryl methyl sites for hydroxylation is 1. The number of carbonyl (C=O) groups excluding carboxylic acids is 1. The molecule has 34 heavy (non-hydrogen) atoms. The summed E-state index contributed by atoms with van der Waals surface area (Å²) >= 11 is 1.40. The van der Waals surface area contributed by atoms with E-state index in [-0.39, 0.29) is 24.3 Å². The summed E-state index contributed by atoms with van der Waals surface area (Å²) in [5.41, 5.74) is 1.52. The van der Waals surface area contributed by atoms with Crippen molar-refractivity contribution >= 4 is 39.5 Å². The Kier molecular flexibility index (Phi) is 5.65. The predicted octanol–water partition coefficient (Wildman–Crippen LogP) is 5.18. The Morgan fingerprint density at radius 3 is 2.82 bits per heavy atom. The molecule has 5 rings (SSSR count). The minimum absolute atomic E-state index is 0.140. The molecule has 1 N–H and O–H groups in total. The van der Waals surface area contributed by atoms with Crippen LogP contribution in [0.4, 0.5) is 29.8 Å². The van der Waals surface area contributed by atoms with Gasteiger partial charge in [0.05, 0.1) is 22.7 Å². The number of anilines is 2. The molecule has 0 saturated carbocycles. The molecule has 3 aromatic heterocycles. The molecule has 0 amide bonds. The Balaban J connectivity index is 1.21. The normalized spacial score (nSPS) is 13.0.